The fraction of sp³-hybridized carbons (Fsp3) is 0.167. The van der Waals surface area contributed by atoms with Gasteiger partial charge >= 0.3 is 5.56 Å². The minimum Gasteiger partial charge on any atom is -0.434 e. The van der Waals surface area contributed by atoms with Gasteiger partial charge in [-0.25, -0.2) is 4.98 Å². The van der Waals surface area contributed by atoms with Crippen LogP contribution in [0.25, 0.3) is 0 Å². The molecule has 0 spiro atoms. The molecule has 0 aliphatic carbocycles. The molecule has 0 unspecified atom stereocenters. The number of aliphatic hydroxyl groups excluding tert-OH is 1. The summed E-state index contributed by atoms with van der Waals surface area (Å²) < 4.78 is 6.79. The molecule has 0 aliphatic heterocycles. The largest absolute Gasteiger partial charge is 0.434 e. The number of para-hydroxylation sites is 1. The number of rotatable bonds is 3. The molecule has 1 heterocycles. The van der Waals surface area contributed by atoms with Gasteiger partial charge < -0.3 is 14.4 Å². The van der Waals surface area contributed by atoms with Crippen molar-refractivity contribution in [1.82, 2.24) is 9.55 Å². The van der Waals surface area contributed by atoms with Crippen molar-refractivity contribution in [3.63, 3.8) is 0 Å². The number of aliphatic hydroxyl groups is 1. The molecule has 0 amide bonds. The third kappa shape index (κ3) is 2.34. The van der Waals surface area contributed by atoms with E-state index in [1.54, 1.807) is 37.5 Å². The summed E-state index contributed by atoms with van der Waals surface area (Å²) in [6.45, 7) is -0.149. The quantitative estimate of drug-likeness (QED) is 0.859. The molecular formula is C12H12N2O3. The first-order valence-corrected chi connectivity index (χ1v) is 5.10. The Morgan fingerprint density at radius 3 is 2.94 bits per heavy atom. The lowest BCUT2D eigenvalue weighted by Gasteiger charge is -2.08. The second kappa shape index (κ2) is 4.80. The standard InChI is InChI=1S/C12H12N2O3/c1-14-7-6-13-11(12(14)16)17-10-5-3-2-4-9(10)8-15/h2-7,15H,8H2,1H3. The highest BCUT2D eigenvalue weighted by Crippen LogP contribution is 2.21. The Balaban J connectivity index is 2.38. The molecule has 1 aromatic carbocycles. The van der Waals surface area contributed by atoms with E-state index in [1.165, 1.54) is 10.8 Å². The zero-order chi connectivity index (χ0) is 12.3. The molecule has 0 saturated carbocycles. The second-order valence-electron chi connectivity index (χ2n) is 3.52. The zero-order valence-corrected chi connectivity index (χ0v) is 9.33. The summed E-state index contributed by atoms with van der Waals surface area (Å²) in [5.41, 5.74) is 0.292. The number of hydrogen-bond acceptors (Lipinski definition) is 4. The fourth-order valence-corrected chi connectivity index (χ4v) is 1.38. The number of aromatic nitrogens is 2. The maximum atomic E-state index is 11.7. The topological polar surface area (TPSA) is 64.3 Å². The third-order valence-corrected chi connectivity index (χ3v) is 2.33. The number of hydrogen-bond donors (Lipinski definition) is 1. The monoisotopic (exact) mass is 232 g/mol. The molecule has 0 aliphatic rings. The Hall–Kier alpha value is -2.14. The van der Waals surface area contributed by atoms with Crippen molar-refractivity contribution in [2.24, 2.45) is 7.05 Å². The van der Waals surface area contributed by atoms with E-state index in [9.17, 15) is 4.79 Å². The van der Waals surface area contributed by atoms with Gasteiger partial charge in [-0.3, -0.25) is 4.79 Å². The van der Waals surface area contributed by atoms with Crippen molar-refractivity contribution in [3.8, 4) is 11.6 Å². The molecular weight excluding hydrogens is 220 g/mol. The first kappa shape index (κ1) is 11.3. The first-order valence-electron chi connectivity index (χ1n) is 5.10. The number of nitrogens with zero attached hydrogens (tertiary/aromatic N) is 2. The van der Waals surface area contributed by atoms with Crippen LogP contribution in [0.15, 0.2) is 41.5 Å². The Labute approximate surface area is 97.9 Å². The summed E-state index contributed by atoms with van der Waals surface area (Å²) in [5, 5.41) is 9.14. The van der Waals surface area contributed by atoms with Crippen LogP contribution < -0.4 is 10.3 Å². The lowest BCUT2D eigenvalue weighted by molar-refractivity contribution is 0.276. The molecule has 1 aromatic heterocycles. The normalized spacial score (nSPS) is 10.2. The van der Waals surface area contributed by atoms with Crippen LogP contribution in [0, 0.1) is 0 Å². The van der Waals surface area contributed by atoms with Gasteiger partial charge in [-0.15, -0.1) is 0 Å². The van der Waals surface area contributed by atoms with E-state index in [0.29, 0.717) is 11.3 Å². The van der Waals surface area contributed by atoms with Crippen molar-refractivity contribution in [2.45, 2.75) is 6.61 Å². The Morgan fingerprint density at radius 2 is 2.18 bits per heavy atom. The molecule has 5 nitrogen and oxygen atoms in total. The number of benzene rings is 1. The van der Waals surface area contributed by atoms with E-state index in [-0.39, 0.29) is 18.0 Å². The molecule has 0 saturated heterocycles. The fourth-order valence-electron chi connectivity index (χ4n) is 1.38. The summed E-state index contributed by atoms with van der Waals surface area (Å²) in [6, 6.07) is 6.96. The maximum Gasteiger partial charge on any atom is 0.313 e. The van der Waals surface area contributed by atoms with Gasteiger partial charge in [0.05, 0.1) is 6.61 Å². The minimum atomic E-state index is -0.319. The van der Waals surface area contributed by atoms with Gasteiger partial charge in [0.1, 0.15) is 5.75 Å². The molecule has 2 aromatic rings. The van der Waals surface area contributed by atoms with E-state index in [0.717, 1.165) is 0 Å². The Bertz CT molecular complexity index is 578. The summed E-state index contributed by atoms with van der Waals surface area (Å²) >= 11 is 0. The lowest BCUT2D eigenvalue weighted by atomic mass is 10.2. The van der Waals surface area contributed by atoms with Crippen LogP contribution in [-0.2, 0) is 13.7 Å². The van der Waals surface area contributed by atoms with E-state index >= 15 is 0 Å². The van der Waals surface area contributed by atoms with E-state index in [1.807, 2.05) is 0 Å². The van der Waals surface area contributed by atoms with Gasteiger partial charge in [0.2, 0.25) is 0 Å². The van der Waals surface area contributed by atoms with Crippen LogP contribution in [0.2, 0.25) is 0 Å². The summed E-state index contributed by atoms with van der Waals surface area (Å²) in [4.78, 5) is 15.6. The SMILES string of the molecule is Cn1ccnc(Oc2ccccc2CO)c1=O. The van der Waals surface area contributed by atoms with Crippen molar-refractivity contribution in [3.05, 3.63) is 52.6 Å². The van der Waals surface area contributed by atoms with Crippen LogP contribution in [0.4, 0.5) is 0 Å². The molecule has 2 rings (SSSR count). The van der Waals surface area contributed by atoms with Crippen LogP contribution in [0.5, 0.6) is 11.6 Å². The van der Waals surface area contributed by atoms with E-state index < -0.39 is 0 Å². The van der Waals surface area contributed by atoms with Crippen LogP contribution in [0.1, 0.15) is 5.56 Å². The van der Waals surface area contributed by atoms with Gasteiger partial charge in [-0.05, 0) is 6.07 Å². The lowest BCUT2D eigenvalue weighted by Crippen LogP contribution is -2.18. The highest BCUT2D eigenvalue weighted by molar-refractivity contribution is 5.35. The first-order chi connectivity index (χ1) is 8.22. The molecule has 0 fully saturated rings. The molecule has 5 heteroatoms. The van der Waals surface area contributed by atoms with Crippen molar-refractivity contribution in [1.29, 1.82) is 0 Å². The van der Waals surface area contributed by atoms with Crippen LogP contribution >= 0.6 is 0 Å². The molecule has 0 bridgehead atoms. The van der Waals surface area contributed by atoms with Crippen molar-refractivity contribution in [2.75, 3.05) is 0 Å². The van der Waals surface area contributed by atoms with Gasteiger partial charge in [0, 0.05) is 25.0 Å². The Kier molecular flexibility index (Phi) is 3.20. The Morgan fingerprint density at radius 1 is 1.41 bits per heavy atom. The number of ether oxygens (including phenoxy) is 1. The average molecular weight is 232 g/mol. The van der Waals surface area contributed by atoms with Crippen LogP contribution in [-0.4, -0.2) is 14.7 Å². The van der Waals surface area contributed by atoms with Crippen molar-refractivity contribution >= 4 is 0 Å². The molecule has 0 radical (unpaired) electrons. The predicted octanol–water partition coefficient (Wildman–Crippen LogP) is 1.06. The van der Waals surface area contributed by atoms with E-state index in [2.05, 4.69) is 4.98 Å². The summed E-state index contributed by atoms with van der Waals surface area (Å²) in [7, 11) is 1.62. The summed E-state index contributed by atoms with van der Waals surface area (Å²) in [6.07, 6.45) is 3.03. The predicted molar refractivity (Wildman–Crippen MR) is 61.9 cm³/mol. The van der Waals surface area contributed by atoms with Gasteiger partial charge in [-0.2, -0.15) is 0 Å². The molecule has 1 N–H and O–H groups in total. The minimum absolute atomic E-state index is 0.00380. The smallest absolute Gasteiger partial charge is 0.313 e. The van der Waals surface area contributed by atoms with Crippen LogP contribution in [0.3, 0.4) is 0 Å². The third-order valence-electron chi connectivity index (χ3n) is 2.33. The molecule has 88 valence electrons. The highest BCUT2D eigenvalue weighted by Gasteiger charge is 2.08. The van der Waals surface area contributed by atoms with Gasteiger partial charge in [0.15, 0.2) is 0 Å². The molecule has 0 atom stereocenters. The zero-order valence-electron chi connectivity index (χ0n) is 9.33. The van der Waals surface area contributed by atoms with Gasteiger partial charge in [0.25, 0.3) is 5.88 Å². The second-order valence-corrected chi connectivity index (χ2v) is 3.52. The average Bonchev–Trinajstić information content (AvgIpc) is 2.35. The highest BCUT2D eigenvalue weighted by atomic mass is 16.5. The number of aryl methyl sites for hydroxylation is 1. The van der Waals surface area contributed by atoms with Gasteiger partial charge in [-0.1, -0.05) is 18.2 Å². The van der Waals surface area contributed by atoms with E-state index in [4.69, 9.17) is 9.84 Å². The summed E-state index contributed by atoms with van der Waals surface area (Å²) in [5.74, 6) is 0.432. The maximum absolute atomic E-state index is 11.7. The van der Waals surface area contributed by atoms with Crippen molar-refractivity contribution < 1.29 is 9.84 Å². The molecule has 17 heavy (non-hydrogen) atoms.